The van der Waals surface area contributed by atoms with Gasteiger partial charge in [0.15, 0.2) is 5.69 Å². The molecule has 0 fully saturated rings. The van der Waals surface area contributed by atoms with E-state index in [0.29, 0.717) is 17.3 Å². The molecule has 7 heteroatoms. The Morgan fingerprint density at radius 3 is 2.78 bits per heavy atom. The summed E-state index contributed by atoms with van der Waals surface area (Å²) in [5.41, 5.74) is 8.40. The minimum absolute atomic E-state index is 0.233. The second-order valence-corrected chi connectivity index (χ2v) is 4.19. The van der Waals surface area contributed by atoms with E-state index in [0.717, 1.165) is 11.3 Å². The molecular formula is C11H9ClN6. The molecule has 90 valence electrons. The first kappa shape index (κ1) is 10.9. The molecule has 0 spiro atoms. The van der Waals surface area contributed by atoms with Crippen molar-refractivity contribution in [2.24, 2.45) is 0 Å². The van der Waals surface area contributed by atoms with E-state index in [1.54, 1.807) is 4.57 Å². The van der Waals surface area contributed by atoms with Gasteiger partial charge in [-0.05, 0) is 35.4 Å². The fourth-order valence-electron chi connectivity index (χ4n) is 1.83. The number of para-hydroxylation sites is 1. The van der Waals surface area contributed by atoms with Crippen LogP contribution in [0.1, 0.15) is 5.56 Å². The summed E-state index contributed by atoms with van der Waals surface area (Å²) < 4.78 is 1.63. The zero-order valence-corrected chi connectivity index (χ0v) is 10.3. The maximum atomic E-state index is 6.15. The maximum Gasteiger partial charge on any atom is 0.211 e. The highest BCUT2D eigenvalue weighted by molar-refractivity contribution is 6.29. The van der Waals surface area contributed by atoms with Gasteiger partial charge in [0.1, 0.15) is 5.82 Å². The quantitative estimate of drug-likeness (QED) is 0.674. The van der Waals surface area contributed by atoms with E-state index < -0.39 is 0 Å². The molecule has 0 saturated carbocycles. The number of fused-ring (bicyclic) bond motifs is 1. The minimum atomic E-state index is 0.233. The lowest BCUT2D eigenvalue weighted by molar-refractivity contribution is 0.946. The van der Waals surface area contributed by atoms with Gasteiger partial charge in [-0.1, -0.05) is 18.2 Å². The average molecular weight is 261 g/mol. The Morgan fingerprint density at radius 2 is 2.00 bits per heavy atom. The van der Waals surface area contributed by atoms with Crippen molar-refractivity contribution in [2.75, 3.05) is 5.73 Å². The number of halogens is 1. The third-order valence-electron chi connectivity index (χ3n) is 2.72. The van der Waals surface area contributed by atoms with Gasteiger partial charge in [-0.25, -0.2) is 0 Å². The van der Waals surface area contributed by atoms with E-state index in [9.17, 15) is 0 Å². The van der Waals surface area contributed by atoms with Gasteiger partial charge in [0.25, 0.3) is 0 Å². The molecule has 2 heterocycles. The molecule has 0 saturated heterocycles. The van der Waals surface area contributed by atoms with Crippen LogP contribution in [0.25, 0.3) is 17.2 Å². The van der Waals surface area contributed by atoms with E-state index in [-0.39, 0.29) is 5.28 Å². The van der Waals surface area contributed by atoms with Crippen molar-refractivity contribution in [3.8, 4) is 17.2 Å². The Bertz CT molecular complexity index is 692. The molecule has 2 N–H and O–H groups in total. The molecule has 0 bridgehead atoms. The van der Waals surface area contributed by atoms with E-state index >= 15 is 0 Å². The van der Waals surface area contributed by atoms with Crippen LogP contribution in [0.5, 0.6) is 0 Å². The summed E-state index contributed by atoms with van der Waals surface area (Å²) in [7, 11) is 0. The highest BCUT2D eigenvalue weighted by Crippen LogP contribution is 2.29. The van der Waals surface area contributed by atoms with Gasteiger partial charge in [-0.3, -0.25) is 4.57 Å². The third kappa shape index (κ3) is 1.50. The normalized spacial score (nSPS) is 11.0. The smallest absolute Gasteiger partial charge is 0.211 e. The van der Waals surface area contributed by atoms with E-state index in [2.05, 4.69) is 20.4 Å². The summed E-state index contributed by atoms with van der Waals surface area (Å²) >= 11 is 6.15. The maximum absolute atomic E-state index is 6.15. The molecule has 1 aromatic rings. The second kappa shape index (κ2) is 3.92. The highest BCUT2D eigenvalue weighted by Gasteiger charge is 2.20. The summed E-state index contributed by atoms with van der Waals surface area (Å²) in [6.07, 6.45) is 0. The molecule has 0 atom stereocenters. The van der Waals surface area contributed by atoms with Crippen LogP contribution in [0.2, 0.25) is 5.28 Å². The monoisotopic (exact) mass is 260 g/mol. The van der Waals surface area contributed by atoms with E-state index in [1.165, 1.54) is 0 Å². The molecule has 6 nitrogen and oxygen atoms in total. The Morgan fingerprint density at radius 1 is 1.22 bits per heavy atom. The SMILES string of the molecule is Cc1ccccc1-n1c(Cl)nc2nnnc-2c1N. The Labute approximate surface area is 108 Å². The van der Waals surface area contributed by atoms with E-state index in [4.69, 9.17) is 17.3 Å². The van der Waals surface area contributed by atoms with Crippen LogP contribution in [-0.4, -0.2) is 25.0 Å². The molecule has 0 aromatic heterocycles. The summed E-state index contributed by atoms with van der Waals surface area (Å²) in [5, 5.41) is 11.4. The van der Waals surface area contributed by atoms with Crippen molar-refractivity contribution in [3.05, 3.63) is 35.1 Å². The van der Waals surface area contributed by atoms with Crippen molar-refractivity contribution in [1.29, 1.82) is 0 Å². The minimum Gasteiger partial charge on any atom is -0.383 e. The lowest BCUT2D eigenvalue weighted by atomic mass is 10.2. The summed E-state index contributed by atoms with van der Waals surface area (Å²) in [6.45, 7) is 1.97. The molecule has 3 rings (SSSR count). The fourth-order valence-corrected chi connectivity index (χ4v) is 2.09. The van der Waals surface area contributed by atoms with Gasteiger partial charge in [-0.15, -0.1) is 10.2 Å². The van der Waals surface area contributed by atoms with Gasteiger partial charge >= 0.3 is 0 Å². The van der Waals surface area contributed by atoms with Crippen molar-refractivity contribution in [1.82, 2.24) is 25.0 Å². The third-order valence-corrected chi connectivity index (χ3v) is 2.97. The van der Waals surface area contributed by atoms with Gasteiger partial charge in [0.05, 0.1) is 5.69 Å². The molecule has 0 unspecified atom stereocenters. The molecular weight excluding hydrogens is 252 g/mol. The Kier molecular flexibility index (Phi) is 2.38. The predicted molar refractivity (Wildman–Crippen MR) is 67.7 cm³/mol. The van der Waals surface area contributed by atoms with Gasteiger partial charge in [0.2, 0.25) is 11.1 Å². The molecule has 0 amide bonds. The lowest BCUT2D eigenvalue weighted by Gasteiger charge is -2.15. The first-order valence-electron chi connectivity index (χ1n) is 5.27. The van der Waals surface area contributed by atoms with Crippen molar-refractivity contribution in [3.63, 3.8) is 0 Å². The van der Waals surface area contributed by atoms with Crippen LogP contribution in [-0.2, 0) is 0 Å². The number of aryl methyl sites for hydroxylation is 1. The van der Waals surface area contributed by atoms with Crippen molar-refractivity contribution in [2.45, 2.75) is 6.92 Å². The molecule has 2 aliphatic rings. The van der Waals surface area contributed by atoms with Gasteiger partial charge < -0.3 is 5.73 Å². The largest absolute Gasteiger partial charge is 0.383 e. The zero-order valence-electron chi connectivity index (χ0n) is 9.50. The highest BCUT2D eigenvalue weighted by atomic mass is 35.5. The van der Waals surface area contributed by atoms with Crippen LogP contribution in [0.4, 0.5) is 5.82 Å². The summed E-state index contributed by atoms with van der Waals surface area (Å²) in [6, 6.07) is 7.73. The topological polar surface area (TPSA) is 82.5 Å². The summed E-state index contributed by atoms with van der Waals surface area (Å²) in [4.78, 5) is 4.13. The molecule has 18 heavy (non-hydrogen) atoms. The van der Waals surface area contributed by atoms with Gasteiger partial charge in [-0.2, -0.15) is 4.98 Å². The number of hydrogen-bond acceptors (Lipinski definition) is 5. The predicted octanol–water partition coefficient (Wildman–Crippen LogP) is 1.71. The first-order chi connectivity index (χ1) is 8.68. The lowest BCUT2D eigenvalue weighted by Crippen LogP contribution is -2.11. The second-order valence-electron chi connectivity index (χ2n) is 3.85. The number of hydrogen-bond donors (Lipinski definition) is 1. The zero-order chi connectivity index (χ0) is 12.7. The number of nitrogen functional groups attached to an aromatic ring is 1. The number of aromatic nitrogens is 5. The van der Waals surface area contributed by atoms with Crippen LogP contribution in [0.3, 0.4) is 0 Å². The van der Waals surface area contributed by atoms with Crippen LogP contribution in [0, 0.1) is 6.92 Å². The number of anilines is 1. The molecule has 0 aliphatic carbocycles. The van der Waals surface area contributed by atoms with Crippen LogP contribution < -0.4 is 5.73 Å². The number of nitrogens with zero attached hydrogens (tertiary/aromatic N) is 5. The van der Waals surface area contributed by atoms with Crippen molar-refractivity contribution >= 4 is 17.4 Å². The Balaban J connectivity index is 2.36. The van der Waals surface area contributed by atoms with E-state index in [1.807, 2.05) is 31.2 Å². The van der Waals surface area contributed by atoms with Crippen LogP contribution >= 0.6 is 11.6 Å². The molecule has 2 aliphatic heterocycles. The van der Waals surface area contributed by atoms with Crippen molar-refractivity contribution < 1.29 is 0 Å². The number of rotatable bonds is 1. The number of benzene rings is 1. The fraction of sp³-hybridized carbons (Fsp3) is 0.0909. The standard InChI is InChI=1S/C11H9ClN6/c1-6-4-2-3-5-7(6)18-9(13)8-10(14-11(18)12)16-17-15-8/h2-5H,13H2,1H3. The Hall–Kier alpha value is -2.21. The number of nitrogens with two attached hydrogens (primary N) is 1. The van der Waals surface area contributed by atoms with Crippen LogP contribution in [0.15, 0.2) is 24.3 Å². The summed E-state index contributed by atoms with van der Waals surface area (Å²) in [5.74, 6) is 0.728. The van der Waals surface area contributed by atoms with Gasteiger partial charge in [0, 0.05) is 0 Å². The molecule has 1 aromatic carbocycles. The first-order valence-corrected chi connectivity index (χ1v) is 5.65. The molecule has 0 radical (unpaired) electrons. The average Bonchev–Trinajstić information content (AvgIpc) is 2.79.